The van der Waals surface area contributed by atoms with E-state index in [9.17, 15) is 14.9 Å². The Kier molecular flexibility index (Phi) is 3.38. The summed E-state index contributed by atoms with van der Waals surface area (Å²) in [5, 5.41) is 18.8. The van der Waals surface area contributed by atoms with Crippen molar-refractivity contribution in [3.8, 4) is 0 Å². The van der Waals surface area contributed by atoms with Crippen LogP contribution in [0.1, 0.15) is 10.4 Å². The lowest BCUT2D eigenvalue weighted by Gasteiger charge is -2.03. The molecule has 18 heavy (non-hydrogen) atoms. The van der Waals surface area contributed by atoms with Crippen LogP contribution in [0.3, 0.4) is 0 Å². The van der Waals surface area contributed by atoms with E-state index < -0.39 is 4.92 Å². The number of nitro benzene ring substituents is 1. The lowest BCUT2D eigenvalue weighted by atomic mass is 10.2. The van der Waals surface area contributed by atoms with E-state index in [-0.39, 0.29) is 11.3 Å². The zero-order valence-corrected chi connectivity index (χ0v) is 10.1. The third kappa shape index (κ3) is 2.38. The van der Waals surface area contributed by atoms with Crippen LogP contribution in [-0.4, -0.2) is 26.0 Å². The summed E-state index contributed by atoms with van der Waals surface area (Å²) in [4.78, 5) is 21.6. The van der Waals surface area contributed by atoms with Crippen LogP contribution in [0, 0.1) is 10.1 Å². The molecule has 0 amide bonds. The average Bonchev–Trinajstić information content (AvgIpc) is 2.75. The Bertz CT molecular complexity index is 611. The van der Waals surface area contributed by atoms with E-state index in [0.29, 0.717) is 16.3 Å². The quantitative estimate of drug-likeness (QED) is 0.474. The third-order valence-corrected chi connectivity index (χ3v) is 3.35. The second kappa shape index (κ2) is 4.96. The number of nitro groups is 1. The van der Waals surface area contributed by atoms with Crippen molar-refractivity contribution in [3.05, 3.63) is 40.2 Å². The summed E-state index contributed by atoms with van der Waals surface area (Å²) in [7, 11) is 1.77. The maximum atomic E-state index is 10.9. The van der Waals surface area contributed by atoms with Crippen molar-refractivity contribution < 1.29 is 9.72 Å². The van der Waals surface area contributed by atoms with Crippen LogP contribution in [0.4, 0.5) is 5.69 Å². The first kappa shape index (κ1) is 12.2. The lowest BCUT2D eigenvalue weighted by molar-refractivity contribution is -0.384. The first-order valence-electron chi connectivity index (χ1n) is 4.87. The molecule has 0 saturated carbocycles. The predicted molar refractivity (Wildman–Crippen MR) is 63.6 cm³/mol. The van der Waals surface area contributed by atoms with Gasteiger partial charge in [0.1, 0.15) is 6.33 Å². The van der Waals surface area contributed by atoms with Gasteiger partial charge in [-0.1, -0.05) is 0 Å². The molecule has 0 aliphatic heterocycles. The minimum absolute atomic E-state index is 0.112. The van der Waals surface area contributed by atoms with Crippen LogP contribution in [0.2, 0.25) is 0 Å². The highest BCUT2D eigenvalue weighted by atomic mass is 32.2. The van der Waals surface area contributed by atoms with Gasteiger partial charge >= 0.3 is 0 Å². The molecule has 0 fully saturated rings. The Balaban J connectivity index is 2.36. The second-order valence-corrected chi connectivity index (χ2v) is 4.43. The van der Waals surface area contributed by atoms with Gasteiger partial charge in [0.05, 0.1) is 4.92 Å². The summed E-state index contributed by atoms with van der Waals surface area (Å²) < 4.78 is 1.70. The highest BCUT2D eigenvalue weighted by molar-refractivity contribution is 7.99. The van der Waals surface area contributed by atoms with E-state index in [1.54, 1.807) is 11.6 Å². The van der Waals surface area contributed by atoms with Crippen LogP contribution >= 0.6 is 11.8 Å². The number of hydrogen-bond acceptors (Lipinski definition) is 6. The normalized spacial score (nSPS) is 10.3. The fraction of sp³-hybridized carbons (Fsp3) is 0.100. The number of hydrogen-bond donors (Lipinski definition) is 0. The molecule has 92 valence electrons. The lowest BCUT2D eigenvalue weighted by Crippen LogP contribution is -1.94. The molecule has 0 aliphatic carbocycles. The maximum absolute atomic E-state index is 10.9. The third-order valence-electron chi connectivity index (χ3n) is 2.20. The Morgan fingerprint density at radius 3 is 2.83 bits per heavy atom. The van der Waals surface area contributed by atoms with Gasteiger partial charge in [0, 0.05) is 29.6 Å². The van der Waals surface area contributed by atoms with Gasteiger partial charge in [-0.2, -0.15) is 0 Å². The maximum Gasteiger partial charge on any atom is 0.270 e. The Morgan fingerprint density at radius 1 is 1.50 bits per heavy atom. The Hall–Kier alpha value is -2.22. The molecule has 0 bridgehead atoms. The number of rotatable bonds is 4. The fourth-order valence-corrected chi connectivity index (χ4v) is 2.13. The number of non-ortho nitro benzene ring substituents is 1. The van der Waals surface area contributed by atoms with E-state index in [0.717, 1.165) is 0 Å². The van der Waals surface area contributed by atoms with Gasteiger partial charge in [-0.3, -0.25) is 14.9 Å². The summed E-state index contributed by atoms with van der Waals surface area (Å²) in [6, 6.07) is 4.12. The molecule has 7 nitrogen and oxygen atoms in total. The summed E-state index contributed by atoms with van der Waals surface area (Å²) in [6.45, 7) is 0. The molecular weight excluding hydrogens is 256 g/mol. The fourth-order valence-electron chi connectivity index (χ4n) is 1.30. The van der Waals surface area contributed by atoms with Gasteiger partial charge in [0.25, 0.3) is 5.69 Å². The van der Waals surface area contributed by atoms with Gasteiger partial charge in [-0.15, -0.1) is 10.2 Å². The van der Waals surface area contributed by atoms with Gasteiger partial charge in [-0.05, 0) is 17.8 Å². The number of aldehydes is 1. The van der Waals surface area contributed by atoms with E-state index in [2.05, 4.69) is 10.2 Å². The molecular formula is C10H8N4O3S. The van der Waals surface area contributed by atoms with E-state index in [1.807, 2.05) is 0 Å². The molecule has 8 heteroatoms. The number of aromatic nitrogens is 3. The molecule has 0 saturated heterocycles. The molecule has 0 radical (unpaired) electrons. The van der Waals surface area contributed by atoms with Crippen LogP contribution in [0.25, 0.3) is 0 Å². The summed E-state index contributed by atoms with van der Waals surface area (Å²) >= 11 is 1.23. The van der Waals surface area contributed by atoms with Crippen LogP contribution in [0.15, 0.2) is 34.6 Å². The molecule has 0 atom stereocenters. The monoisotopic (exact) mass is 264 g/mol. The zero-order chi connectivity index (χ0) is 13.1. The van der Waals surface area contributed by atoms with Gasteiger partial charge < -0.3 is 4.57 Å². The summed E-state index contributed by atoms with van der Waals surface area (Å²) in [5.74, 6) is 0. The molecule has 0 spiro atoms. The zero-order valence-electron chi connectivity index (χ0n) is 9.31. The highest BCUT2D eigenvalue weighted by Gasteiger charge is 2.13. The van der Waals surface area contributed by atoms with Gasteiger partial charge in [-0.25, -0.2) is 0 Å². The standard InChI is InChI=1S/C10H8N4O3S/c1-13-6-11-12-10(13)18-9-3-2-8(14(16)17)4-7(9)5-15/h2-6H,1H3. The van der Waals surface area contributed by atoms with Crippen molar-refractivity contribution >= 4 is 23.7 Å². The molecule has 0 aliphatic rings. The Morgan fingerprint density at radius 2 is 2.28 bits per heavy atom. The number of aryl methyl sites for hydroxylation is 1. The van der Waals surface area contributed by atoms with E-state index >= 15 is 0 Å². The summed E-state index contributed by atoms with van der Waals surface area (Å²) in [6.07, 6.45) is 2.13. The van der Waals surface area contributed by atoms with Crippen molar-refractivity contribution in [2.24, 2.45) is 7.05 Å². The number of nitrogens with zero attached hydrogens (tertiary/aromatic N) is 4. The van der Waals surface area contributed by atoms with Crippen molar-refractivity contribution in [2.45, 2.75) is 10.1 Å². The van der Waals surface area contributed by atoms with Crippen LogP contribution in [-0.2, 0) is 7.05 Å². The van der Waals surface area contributed by atoms with E-state index in [4.69, 9.17) is 0 Å². The highest BCUT2D eigenvalue weighted by Crippen LogP contribution is 2.30. The molecule has 2 aromatic rings. The largest absolute Gasteiger partial charge is 0.311 e. The second-order valence-electron chi connectivity index (χ2n) is 3.42. The van der Waals surface area contributed by atoms with Crippen LogP contribution < -0.4 is 0 Å². The number of carbonyl (C=O) groups excluding carboxylic acids is 1. The van der Waals surface area contributed by atoms with Gasteiger partial charge in [0.2, 0.25) is 0 Å². The molecule has 0 N–H and O–H groups in total. The van der Waals surface area contributed by atoms with Crippen molar-refractivity contribution in [1.29, 1.82) is 0 Å². The molecule has 2 rings (SSSR count). The van der Waals surface area contributed by atoms with E-state index in [1.165, 1.54) is 36.3 Å². The summed E-state index contributed by atoms with van der Waals surface area (Å²) in [5.41, 5.74) is 0.150. The minimum Gasteiger partial charge on any atom is -0.311 e. The smallest absolute Gasteiger partial charge is 0.270 e. The predicted octanol–water partition coefficient (Wildman–Crippen LogP) is 1.69. The first-order chi connectivity index (χ1) is 8.61. The van der Waals surface area contributed by atoms with Gasteiger partial charge in [0.15, 0.2) is 11.4 Å². The minimum atomic E-state index is -0.538. The Labute approximate surface area is 106 Å². The number of benzene rings is 1. The van der Waals surface area contributed by atoms with Crippen molar-refractivity contribution in [1.82, 2.24) is 14.8 Å². The molecule has 0 unspecified atom stereocenters. The first-order valence-corrected chi connectivity index (χ1v) is 5.69. The molecule has 1 heterocycles. The average molecular weight is 264 g/mol. The van der Waals surface area contributed by atoms with Crippen LogP contribution in [0.5, 0.6) is 0 Å². The topological polar surface area (TPSA) is 90.9 Å². The molecule has 1 aromatic carbocycles. The van der Waals surface area contributed by atoms with Crippen molar-refractivity contribution in [3.63, 3.8) is 0 Å². The molecule has 1 aromatic heterocycles. The SMILES string of the molecule is Cn1cnnc1Sc1ccc([N+](=O)[O-])cc1C=O. The number of carbonyl (C=O) groups is 1. The van der Waals surface area contributed by atoms with Crippen molar-refractivity contribution in [2.75, 3.05) is 0 Å².